The standard InChI is InChI=1S/C20H24N4O/c1-13-17(15-8-7-9-16(12-15)25-3)23-19-18(13)21-14(2)22-20(19)24-10-5-4-6-11-24/h7-9,12,23H,4-6,10-11H2,1-3H3. The summed E-state index contributed by atoms with van der Waals surface area (Å²) < 4.78 is 5.38. The van der Waals surface area contributed by atoms with E-state index in [1.54, 1.807) is 7.11 Å². The lowest BCUT2D eigenvalue weighted by Crippen LogP contribution is -2.30. The molecule has 1 aliphatic heterocycles. The number of H-pyrrole nitrogens is 1. The number of aromatic nitrogens is 3. The summed E-state index contributed by atoms with van der Waals surface area (Å²) in [6, 6.07) is 8.13. The van der Waals surface area contributed by atoms with Gasteiger partial charge in [-0.3, -0.25) is 0 Å². The Labute approximate surface area is 148 Å². The van der Waals surface area contributed by atoms with E-state index in [0.717, 1.165) is 58.3 Å². The van der Waals surface area contributed by atoms with Gasteiger partial charge in [-0.1, -0.05) is 12.1 Å². The fourth-order valence-electron chi connectivity index (χ4n) is 3.68. The molecule has 4 rings (SSSR count). The topological polar surface area (TPSA) is 54.0 Å². The zero-order valence-corrected chi connectivity index (χ0v) is 15.1. The molecular weight excluding hydrogens is 312 g/mol. The van der Waals surface area contributed by atoms with E-state index >= 15 is 0 Å². The number of hydrogen-bond acceptors (Lipinski definition) is 4. The average molecular weight is 336 g/mol. The zero-order valence-electron chi connectivity index (χ0n) is 15.1. The second-order valence-corrected chi connectivity index (χ2v) is 6.72. The van der Waals surface area contributed by atoms with E-state index in [0.29, 0.717) is 0 Å². The van der Waals surface area contributed by atoms with Crippen LogP contribution in [0.25, 0.3) is 22.3 Å². The van der Waals surface area contributed by atoms with E-state index in [9.17, 15) is 0 Å². The van der Waals surface area contributed by atoms with Crippen LogP contribution in [-0.2, 0) is 0 Å². The molecule has 0 spiro atoms. The molecule has 0 atom stereocenters. The van der Waals surface area contributed by atoms with E-state index in [1.807, 2.05) is 19.1 Å². The van der Waals surface area contributed by atoms with E-state index in [2.05, 4.69) is 28.9 Å². The quantitative estimate of drug-likeness (QED) is 0.777. The van der Waals surface area contributed by atoms with Crippen LogP contribution < -0.4 is 9.64 Å². The van der Waals surface area contributed by atoms with Crippen molar-refractivity contribution in [2.24, 2.45) is 0 Å². The van der Waals surface area contributed by atoms with Crippen LogP contribution in [0.15, 0.2) is 24.3 Å². The number of rotatable bonds is 3. The molecule has 0 unspecified atom stereocenters. The van der Waals surface area contributed by atoms with Gasteiger partial charge in [-0.15, -0.1) is 0 Å². The lowest BCUT2D eigenvalue weighted by atomic mass is 10.1. The lowest BCUT2D eigenvalue weighted by Gasteiger charge is -2.28. The highest BCUT2D eigenvalue weighted by Crippen LogP contribution is 2.34. The van der Waals surface area contributed by atoms with Crippen LogP contribution in [0.1, 0.15) is 30.7 Å². The highest BCUT2D eigenvalue weighted by Gasteiger charge is 2.20. The lowest BCUT2D eigenvalue weighted by molar-refractivity contribution is 0.415. The van der Waals surface area contributed by atoms with Crippen molar-refractivity contribution >= 4 is 16.9 Å². The van der Waals surface area contributed by atoms with Gasteiger partial charge in [0.2, 0.25) is 0 Å². The molecule has 5 nitrogen and oxygen atoms in total. The van der Waals surface area contributed by atoms with Gasteiger partial charge in [-0.2, -0.15) is 0 Å². The predicted molar refractivity (Wildman–Crippen MR) is 101 cm³/mol. The van der Waals surface area contributed by atoms with Crippen LogP contribution in [0.5, 0.6) is 5.75 Å². The van der Waals surface area contributed by atoms with Gasteiger partial charge in [0.1, 0.15) is 17.1 Å². The van der Waals surface area contributed by atoms with Crippen LogP contribution in [0, 0.1) is 13.8 Å². The molecule has 130 valence electrons. The summed E-state index contributed by atoms with van der Waals surface area (Å²) in [4.78, 5) is 15.5. The van der Waals surface area contributed by atoms with Crippen molar-refractivity contribution in [3.63, 3.8) is 0 Å². The number of piperidine rings is 1. The number of nitrogens with one attached hydrogen (secondary N) is 1. The summed E-state index contributed by atoms with van der Waals surface area (Å²) >= 11 is 0. The molecule has 0 saturated carbocycles. The first-order valence-corrected chi connectivity index (χ1v) is 8.93. The minimum Gasteiger partial charge on any atom is -0.497 e. The Bertz CT molecular complexity index is 909. The molecule has 3 heterocycles. The van der Waals surface area contributed by atoms with Crippen molar-refractivity contribution in [1.82, 2.24) is 15.0 Å². The predicted octanol–water partition coefficient (Wildman–Crippen LogP) is 4.24. The summed E-state index contributed by atoms with van der Waals surface area (Å²) in [6.45, 7) is 6.24. The Morgan fingerprint density at radius 1 is 1.08 bits per heavy atom. The Morgan fingerprint density at radius 2 is 1.88 bits per heavy atom. The highest BCUT2D eigenvalue weighted by molar-refractivity contribution is 5.94. The molecule has 0 amide bonds. The number of aryl methyl sites for hydroxylation is 2. The van der Waals surface area contributed by atoms with Crippen molar-refractivity contribution in [3.05, 3.63) is 35.7 Å². The molecule has 1 fully saturated rings. The highest BCUT2D eigenvalue weighted by atomic mass is 16.5. The Hall–Kier alpha value is -2.56. The molecule has 25 heavy (non-hydrogen) atoms. The molecule has 1 aliphatic rings. The largest absolute Gasteiger partial charge is 0.497 e. The molecule has 2 aromatic heterocycles. The summed E-state index contributed by atoms with van der Waals surface area (Å²) in [6.07, 6.45) is 3.77. The van der Waals surface area contributed by atoms with Crippen LogP contribution in [0.4, 0.5) is 5.82 Å². The number of aromatic amines is 1. The molecule has 1 aromatic carbocycles. The second-order valence-electron chi connectivity index (χ2n) is 6.72. The summed E-state index contributed by atoms with van der Waals surface area (Å²) in [5.41, 5.74) is 5.42. The van der Waals surface area contributed by atoms with E-state index in [1.165, 1.54) is 19.3 Å². The van der Waals surface area contributed by atoms with E-state index in [4.69, 9.17) is 14.7 Å². The minimum absolute atomic E-state index is 0.826. The number of nitrogens with zero attached hydrogens (tertiary/aromatic N) is 3. The van der Waals surface area contributed by atoms with Crippen molar-refractivity contribution in [3.8, 4) is 17.0 Å². The second kappa shape index (κ2) is 6.39. The van der Waals surface area contributed by atoms with Gasteiger partial charge in [-0.25, -0.2) is 9.97 Å². The van der Waals surface area contributed by atoms with Crippen LogP contribution >= 0.6 is 0 Å². The Kier molecular flexibility index (Phi) is 4.07. The molecule has 1 saturated heterocycles. The number of benzene rings is 1. The number of ether oxygens (including phenoxy) is 1. The van der Waals surface area contributed by atoms with Gasteiger partial charge < -0.3 is 14.6 Å². The van der Waals surface area contributed by atoms with Crippen molar-refractivity contribution < 1.29 is 4.74 Å². The third-order valence-corrected chi connectivity index (χ3v) is 5.00. The van der Waals surface area contributed by atoms with Gasteiger partial charge in [0, 0.05) is 24.2 Å². The minimum atomic E-state index is 0.826. The summed E-state index contributed by atoms with van der Waals surface area (Å²) in [5.74, 6) is 2.72. The number of fused-ring (bicyclic) bond motifs is 1. The summed E-state index contributed by atoms with van der Waals surface area (Å²) in [7, 11) is 1.69. The first-order valence-electron chi connectivity index (χ1n) is 8.93. The Morgan fingerprint density at radius 3 is 2.64 bits per heavy atom. The zero-order chi connectivity index (χ0) is 17.4. The molecule has 3 aromatic rings. The maximum Gasteiger partial charge on any atom is 0.156 e. The van der Waals surface area contributed by atoms with Gasteiger partial charge in [0.25, 0.3) is 0 Å². The first kappa shape index (κ1) is 15.9. The molecular formula is C20H24N4O. The average Bonchev–Trinajstić information content (AvgIpc) is 2.98. The fourth-order valence-corrected chi connectivity index (χ4v) is 3.68. The molecule has 0 radical (unpaired) electrons. The van der Waals surface area contributed by atoms with Crippen LogP contribution in [0.3, 0.4) is 0 Å². The fraction of sp³-hybridized carbons (Fsp3) is 0.400. The monoisotopic (exact) mass is 336 g/mol. The molecule has 0 bridgehead atoms. The maximum atomic E-state index is 5.38. The SMILES string of the molecule is COc1cccc(-c2[nH]c3c(N4CCCCC4)nc(C)nc3c2C)c1. The van der Waals surface area contributed by atoms with E-state index in [-0.39, 0.29) is 0 Å². The first-order chi connectivity index (χ1) is 12.2. The maximum absolute atomic E-state index is 5.38. The smallest absolute Gasteiger partial charge is 0.156 e. The van der Waals surface area contributed by atoms with Gasteiger partial charge in [0.15, 0.2) is 5.82 Å². The van der Waals surface area contributed by atoms with Gasteiger partial charge in [0.05, 0.1) is 18.3 Å². The molecule has 1 N–H and O–H groups in total. The number of hydrogen-bond donors (Lipinski definition) is 1. The van der Waals surface area contributed by atoms with Crippen LogP contribution in [-0.4, -0.2) is 35.2 Å². The van der Waals surface area contributed by atoms with Crippen LogP contribution in [0.2, 0.25) is 0 Å². The number of methoxy groups -OCH3 is 1. The third kappa shape index (κ3) is 2.84. The van der Waals surface area contributed by atoms with Crippen molar-refractivity contribution in [2.45, 2.75) is 33.1 Å². The Balaban J connectivity index is 1.88. The van der Waals surface area contributed by atoms with E-state index < -0.39 is 0 Å². The number of anilines is 1. The van der Waals surface area contributed by atoms with Crippen molar-refractivity contribution in [2.75, 3.05) is 25.1 Å². The van der Waals surface area contributed by atoms with Gasteiger partial charge in [-0.05, 0) is 45.2 Å². The third-order valence-electron chi connectivity index (χ3n) is 5.00. The molecule has 5 heteroatoms. The van der Waals surface area contributed by atoms with Gasteiger partial charge >= 0.3 is 0 Å². The van der Waals surface area contributed by atoms with Crippen molar-refractivity contribution in [1.29, 1.82) is 0 Å². The molecule has 0 aliphatic carbocycles. The normalized spacial score (nSPS) is 14.9. The summed E-state index contributed by atoms with van der Waals surface area (Å²) in [5, 5.41) is 0.